The lowest BCUT2D eigenvalue weighted by Crippen LogP contribution is -2.42. The summed E-state index contributed by atoms with van der Waals surface area (Å²) >= 11 is 0. The van der Waals surface area contributed by atoms with Crippen molar-refractivity contribution in [1.82, 2.24) is 20.4 Å². The summed E-state index contributed by atoms with van der Waals surface area (Å²) in [6, 6.07) is 0.523. The Balaban J connectivity index is 1.66. The van der Waals surface area contributed by atoms with Crippen molar-refractivity contribution in [3.63, 3.8) is 0 Å². The lowest BCUT2D eigenvalue weighted by molar-refractivity contribution is -0.0450. The van der Waals surface area contributed by atoms with Crippen molar-refractivity contribution in [2.75, 3.05) is 32.8 Å². The van der Waals surface area contributed by atoms with E-state index in [2.05, 4.69) is 34.2 Å². The maximum atomic E-state index is 5.80. The molecule has 0 spiro atoms. The van der Waals surface area contributed by atoms with E-state index in [1.807, 2.05) is 0 Å². The van der Waals surface area contributed by atoms with E-state index in [9.17, 15) is 0 Å². The zero-order valence-electron chi connectivity index (χ0n) is 12.3. The summed E-state index contributed by atoms with van der Waals surface area (Å²) < 4.78 is 11.3. The van der Waals surface area contributed by atoms with Gasteiger partial charge >= 0.3 is 0 Å². The Bertz CT molecular complexity index is 429. The van der Waals surface area contributed by atoms with Crippen LogP contribution in [0, 0.1) is 0 Å². The molecule has 3 rings (SSSR count). The molecule has 1 aromatic rings. The molecule has 2 saturated heterocycles. The second kappa shape index (κ2) is 6.20. The average molecular weight is 280 g/mol. The third-order valence-electron chi connectivity index (χ3n) is 4.22. The minimum absolute atomic E-state index is 0.0554. The van der Waals surface area contributed by atoms with Gasteiger partial charge in [-0.25, -0.2) is 0 Å². The number of hydrogen-bond acceptors (Lipinski definition) is 6. The van der Waals surface area contributed by atoms with Crippen molar-refractivity contribution >= 4 is 0 Å². The molecule has 0 radical (unpaired) electrons. The molecule has 6 nitrogen and oxygen atoms in total. The molecule has 2 aliphatic heterocycles. The van der Waals surface area contributed by atoms with Crippen LogP contribution in [-0.4, -0.2) is 53.9 Å². The Hall–Kier alpha value is -0.980. The third-order valence-corrected chi connectivity index (χ3v) is 4.22. The van der Waals surface area contributed by atoms with Gasteiger partial charge in [-0.15, -0.1) is 0 Å². The van der Waals surface area contributed by atoms with Gasteiger partial charge in [-0.2, -0.15) is 4.98 Å². The summed E-state index contributed by atoms with van der Waals surface area (Å²) in [4.78, 5) is 6.98. The van der Waals surface area contributed by atoms with Crippen molar-refractivity contribution in [1.29, 1.82) is 0 Å². The van der Waals surface area contributed by atoms with Crippen LogP contribution < -0.4 is 5.32 Å². The lowest BCUT2D eigenvalue weighted by Gasteiger charge is -2.34. The Labute approximate surface area is 119 Å². The van der Waals surface area contributed by atoms with Gasteiger partial charge in [-0.3, -0.25) is 4.90 Å². The first-order chi connectivity index (χ1) is 9.74. The van der Waals surface area contributed by atoms with Crippen LogP contribution in [0.25, 0.3) is 0 Å². The highest BCUT2D eigenvalue weighted by Gasteiger charge is 2.29. The lowest BCUT2D eigenvalue weighted by atomic mass is 10.00. The van der Waals surface area contributed by atoms with Crippen LogP contribution in [0.5, 0.6) is 0 Å². The number of hydrogen-bond donors (Lipinski definition) is 1. The Morgan fingerprint density at radius 1 is 1.40 bits per heavy atom. The normalized spacial score (nSPS) is 28.9. The standard InChI is InChI=1S/C14H24N4O2/c1-10(2)18-6-7-19-12(9-18)13-16-14(20-17-13)11-4-3-5-15-8-11/h10-12,15H,3-9H2,1-2H3. The van der Waals surface area contributed by atoms with E-state index >= 15 is 0 Å². The largest absolute Gasteiger partial charge is 0.367 e. The van der Waals surface area contributed by atoms with E-state index in [4.69, 9.17) is 9.26 Å². The van der Waals surface area contributed by atoms with Crippen molar-refractivity contribution < 1.29 is 9.26 Å². The van der Waals surface area contributed by atoms with Gasteiger partial charge in [0.05, 0.1) is 12.5 Å². The third kappa shape index (κ3) is 3.02. The molecule has 0 bridgehead atoms. The molecule has 112 valence electrons. The minimum atomic E-state index is -0.0554. The molecule has 20 heavy (non-hydrogen) atoms. The Morgan fingerprint density at radius 3 is 3.05 bits per heavy atom. The number of rotatable bonds is 3. The maximum Gasteiger partial charge on any atom is 0.231 e. The SMILES string of the molecule is CC(C)N1CCOC(c2noc(C3CCCNC3)n2)C1. The van der Waals surface area contributed by atoms with Crippen LogP contribution in [0.4, 0.5) is 0 Å². The van der Waals surface area contributed by atoms with E-state index in [0.29, 0.717) is 17.8 Å². The van der Waals surface area contributed by atoms with Crippen LogP contribution in [0.3, 0.4) is 0 Å². The van der Waals surface area contributed by atoms with Crippen LogP contribution >= 0.6 is 0 Å². The first-order valence-corrected chi connectivity index (χ1v) is 7.64. The first-order valence-electron chi connectivity index (χ1n) is 7.64. The molecule has 1 N–H and O–H groups in total. The fraction of sp³-hybridized carbons (Fsp3) is 0.857. The van der Waals surface area contributed by atoms with Crippen molar-refractivity contribution in [2.45, 2.75) is 44.8 Å². The average Bonchev–Trinajstić information content (AvgIpc) is 2.98. The molecule has 2 unspecified atom stereocenters. The van der Waals surface area contributed by atoms with Gasteiger partial charge in [0.1, 0.15) is 6.10 Å². The zero-order chi connectivity index (χ0) is 13.9. The summed E-state index contributed by atoms with van der Waals surface area (Å²) in [7, 11) is 0. The number of aromatic nitrogens is 2. The molecule has 2 atom stereocenters. The summed E-state index contributed by atoms with van der Waals surface area (Å²) in [6.07, 6.45) is 2.24. The van der Waals surface area contributed by atoms with Gasteiger partial charge in [0, 0.05) is 25.7 Å². The predicted molar refractivity (Wildman–Crippen MR) is 74.5 cm³/mol. The molecule has 1 aromatic heterocycles. The quantitative estimate of drug-likeness (QED) is 0.901. The van der Waals surface area contributed by atoms with Gasteiger partial charge in [-0.05, 0) is 33.2 Å². The van der Waals surface area contributed by atoms with Crippen LogP contribution in [0.2, 0.25) is 0 Å². The number of piperidine rings is 1. The molecule has 0 aromatic carbocycles. The second-order valence-corrected chi connectivity index (χ2v) is 5.98. The first kappa shape index (κ1) is 14.0. The number of nitrogens with one attached hydrogen (secondary N) is 1. The van der Waals surface area contributed by atoms with Gasteiger partial charge in [0.15, 0.2) is 0 Å². The number of morpholine rings is 1. The molecule has 3 heterocycles. The second-order valence-electron chi connectivity index (χ2n) is 5.98. The highest BCUT2D eigenvalue weighted by atomic mass is 16.5. The van der Waals surface area contributed by atoms with E-state index in [1.165, 1.54) is 6.42 Å². The molecule has 6 heteroatoms. The zero-order valence-corrected chi connectivity index (χ0v) is 12.3. The molecule has 0 aliphatic carbocycles. The number of nitrogens with zero attached hydrogens (tertiary/aromatic N) is 3. The van der Waals surface area contributed by atoms with Crippen LogP contribution in [0.1, 0.15) is 50.4 Å². The van der Waals surface area contributed by atoms with E-state index in [-0.39, 0.29) is 6.10 Å². The molecule has 2 fully saturated rings. The Kier molecular flexibility index (Phi) is 4.33. The minimum Gasteiger partial charge on any atom is -0.367 e. The summed E-state index contributed by atoms with van der Waals surface area (Å²) in [5.41, 5.74) is 0. The summed E-state index contributed by atoms with van der Waals surface area (Å²) in [6.45, 7) is 9.00. The van der Waals surface area contributed by atoms with Crippen molar-refractivity contribution in [3.05, 3.63) is 11.7 Å². The smallest absolute Gasteiger partial charge is 0.231 e. The summed E-state index contributed by atoms with van der Waals surface area (Å²) in [5.74, 6) is 1.82. The summed E-state index contributed by atoms with van der Waals surface area (Å²) in [5, 5.41) is 7.52. The van der Waals surface area contributed by atoms with Gasteiger partial charge < -0.3 is 14.6 Å². The molecule has 2 aliphatic rings. The monoisotopic (exact) mass is 280 g/mol. The fourth-order valence-electron chi connectivity index (χ4n) is 2.90. The number of ether oxygens (including phenoxy) is 1. The molecular formula is C14H24N4O2. The molecule has 0 saturated carbocycles. The maximum absolute atomic E-state index is 5.80. The topological polar surface area (TPSA) is 63.4 Å². The highest BCUT2D eigenvalue weighted by Crippen LogP contribution is 2.25. The predicted octanol–water partition coefficient (Wildman–Crippen LogP) is 1.32. The van der Waals surface area contributed by atoms with Gasteiger partial charge in [0.25, 0.3) is 0 Å². The van der Waals surface area contributed by atoms with Crippen molar-refractivity contribution in [2.24, 2.45) is 0 Å². The van der Waals surface area contributed by atoms with E-state index in [1.54, 1.807) is 0 Å². The van der Waals surface area contributed by atoms with Gasteiger partial charge in [-0.1, -0.05) is 5.16 Å². The Morgan fingerprint density at radius 2 is 2.30 bits per heavy atom. The van der Waals surface area contributed by atoms with Crippen LogP contribution in [-0.2, 0) is 4.74 Å². The fourth-order valence-corrected chi connectivity index (χ4v) is 2.90. The van der Waals surface area contributed by atoms with Crippen molar-refractivity contribution in [3.8, 4) is 0 Å². The van der Waals surface area contributed by atoms with E-state index < -0.39 is 0 Å². The van der Waals surface area contributed by atoms with E-state index in [0.717, 1.165) is 45.1 Å². The molecule has 0 amide bonds. The highest BCUT2D eigenvalue weighted by molar-refractivity contribution is 5.00. The van der Waals surface area contributed by atoms with Gasteiger partial charge in [0.2, 0.25) is 11.7 Å². The van der Waals surface area contributed by atoms with Crippen LogP contribution in [0.15, 0.2) is 4.52 Å². The molecular weight excluding hydrogens is 256 g/mol.